The molecule has 0 aliphatic carbocycles. The zero-order valence-electron chi connectivity index (χ0n) is 16.2. The van der Waals surface area contributed by atoms with Gasteiger partial charge in [0.1, 0.15) is 28.8 Å². The van der Waals surface area contributed by atoms with Crippen molar-refractivity contribution in [2.45, 2.75) is 6.92 Å². The monoisotopic (exact) mass is 402 g/mol. The first-order valence-corrected chi connectivity index (χ1v) is 9.48. The highest BCUT2D eigenvalue weighted by Crippen LogP contribution is 2.29. The molecule has 30 heavy (non-hydrogen) atoms. The van der Waals surface area contributed by atoms with Crippen molar-refractivity contribution in [1.29, 1.82) is 0 Å². The van der Waals surface area contributed by atoms with Gasteiger partial charge >= 0.3 is 0 Å². The standard InChI is InChI=1S/C24H19FN2O3/c1-2-30-21-13-3-16(4-14-21)15-22-24(29)27(19-9-11-20(28)12-10-19)23(26-22)17-5-7-18(25)8-6-17/h3-15,28H,2H2,1H3/b22-15+. The van der Waals surface area contributed by atoms with Crippen LogP contribution in [0.25, 0.3) is 6.08 Å². The molecule has 4 rings (SSSR count). The number of aliphatic imine (C=N–C) groups is 1. The number of phenolic OH excluding ortho intramolecular Hbond substituents is 1. The maximum atomic E-state index is 13.4. The fraction of sp³-hybridized carbons (Fsp3) is 0.0833. The van der Waals surface area contributed by atoms with Gasteiger partial charge in [-0.15, -0.1) is 0 Å². The van der Waals surface area contributed by atoms with Crippen LogP contribution < -0.4 is 9.64 Å². The first-order valence-electron chi connectivity index (χ1n) is 9.48. The average Bonchev–Trinajstić information content (AvgIpc) is 3.07. The summed E-state index contributed by atoms with van der Waals surface area (Å²) in [5.74, 6) is 0.552. The number of nitrogens with zero attached hydrogens (tertiary/aromatic N) is 2. The topological polar surface area (TPSA) is 62.1 Å². The number of rotatable bonds is 5. The minimum Gasteiger partial charge on any atom is -0.508 e. The quantitative estimate of drug-likeness (QED) is 0.626. The van der Waals surface area contributed by atoms with E-state index < -0.39 is 0 Å². The van der Waals surface area contributed by atoms with E-state index in [9.17, 15) is 14.3 Å². The number of hydrogen-bond acceptors (Lipinski definition) is 4. The molecule has 5 nitrogen and oxygen atoms in total. The van der Waals surface area contributed by atoms with Crippen molar-refractivity contribution < 1.29 is 19.0 Å². The van der Waals surface area contributed by atoms with E-state index in [-0.39, 0.29) is 23.2 Å². The number of ether oxygens (including phenoxy) is 1. The van der Waals surface area contributed by atoms with Gasteiger partial charge < -0.3 is 9.84 Å². The van der Waals surface area contributed by atoms with E-state index in [0.29, 0.717) is 23.7 Å². The van der Waals surface area contributed by atoms with Gasteiger partial charge in [0.25, 0.3) is 5.91 Å². The summed E-state index contributed by atoms with van der Waals surface area (Å²) < 4.78 is 18.8. The zero-order valence-corrected chi connectivity index (χ0v) is 16.2. The van der Waals surface area contributed by atoms with Crippen molar-refractivity contribution in [1.82, 2.24) is 0 Å². The Labute approximate surface area is 173 Å². The first kappa shape index (κ1) is 19.4. The van der Waals surface area contributed by atoms with E-state index in [4.69, 9.17) is 4.74 Å². The maximum absolute atomic E-state index is 13.4. The highest BCUT2D eigenvalue weighted by atomic mass is 19.1. The molecule has 0 spiro atoms. The number of amidine groups is 1. The Balaban J connectivity index is 1.75. The normalized spacial score (nSPS) is 14.9. The molecule has 0 fully saturated rings. The number of hydrogen-bond donors (Lipinski definition) is 1. The van der Waals surface area contributed by atoms with Crippen molar-refractivity contribution >= 4 is 23.5 Å². The van der Waals surface area contributed by atoms with Crippen molar-refractivity contribution in [2.75, 3.05) is 11.5 Å². The third kappa shape index (κ3) is 3.93. The van der Waals surface area contributed by atoms with Gasteiger partial charge in [0, 0.05) is 5.56 Å². The molecule has 0 saturated heterocycles. The molecule has 0 radical (unpaired) electrons. The molecule has 1 heterocycles. The Morgan fingerprint density at radius 1 is 1.00 bits per heavy atom. The smallest absolute Gasteiger partial charge is 0.282 e. The largest absolute Gasteiger partial charge is 0.508 e. The number of carbonyl (C=O) groups excluding carboxylic acids is 1. The lowest BCUT2D eigenvalue weighted by atomic mass is 10.1. The highest BCUT2D eigenvalue weighted by Gasteiger charge is 2.32. The van der Waals surface area contributed by atoms with Crippen molar-refractivity contribution in [3.05, 3.63) is 95.4 Å². The predicted molar refractivity (Wildman–Crippen MR) is 114 cm³/mol. The van der Waals surface area contributed by atoms with E-state index in [1.165, 1.54) is 29.2 Å². The molecule has 0 aromatic heterocycles. The average molecular weight is 402 g/mol. The van der Waals surface area contributed by atoms with E-state index in [2.05, 4.69) is 4.99 Å². The fourth-order valence-corrected chi connectivity index (χ4v) is 3.14. The molecule has 0 atom stereocenters. The van der Waals surface area contributed by atoms with Gasteiger partial charge in [0.15, 0.2) is 0 Å². The number of aromatic hydroxyl groups is 1. The van der Waals surface area contributed by atoms with Gasteiger partial charge in [-0.2, -0.15) is 0 Å². The summed E-state index contributed by atoms with van der Waals surface area (Å²) >= 11 is 0. The molecule has 1 aliphatic heterocycles. The summed E-state index contributed by atoms with van der Waals surface area (Å²) in [6.45, 7) is 2.49. The van der Waals surface area contributed by atoms with Gasteiger partial charge in [0.05, 0.1) is 12.3 Å². The second kappa shape index (κ2) is 8.21. The Bertz CT molecular complexity index is 1120. The van der Waals surface area contributed by atoms with Crippen LogP contribution in [0.5, 0.6) is 11.5 Å². The molecule has 3 aromatic rings. The van der Waals surface area contributed by atoms with E-state index in [1.54, 1.807) is 30.3 Å². The van der Waals surface area contributed by atoms with Gasteiger partial charge in [-0.3, -0.25) is 9.69 Å². The number of benzene rings is 3. The van der Waals surface area contributed by atoms with Crippen LogP contribution in [0.2, 0.25) is 0 Å². The number of carbonyl (C=O) groups is 1. The van der Waals surface area contributed by atoms with E-state index in [0.717, 1.165) is 11.3 Å². The molecule has 150 valence electrons. The first-order chi connectivity index (χ1) is 14.5. The van der Waals surface area contributed by atoms with Crippen molar-refractivity contribution in [3.8, 4) is 11.5 Å². The zero-order chi connectivity index (χ0) is 21.1. The number of amides is 1. The second-order valence-corrected chi connectivity index (χ2v) is 6.63. The third-order valence-corrected chi connectivity index (χ3v) is 4.57. The maximum Gasteiger partial charge on any atom is 0.282 e. The van der Waals surface area contributed by atoms with E-state index in [1.807, 2.05) is 31.2 Å². The molecule has 1 aliphatic rings. The van der Waals surface area contributed by atoms with Crippen molar-refractivity contribution in [3.63, 3.8) is 0 Å². The lowest BCUT2D eigenvalue weighted by Crippen LogP contribution is -2.32. The summed E-state index contributed by atoms with van der Waals surface area (Å²) in [6.07, 6.45) is 1.70. The van der Waals surface area contributed by atoms with Gasteiger partial charge in [-0.1, -0.05) is 12.1 Å². The van der Waals surface area contributed by atoms with Crippen LogP contribution in [-0.4, -0.2) is 23.5 Å². The molecular weight excluding hydrogens is 383 g/mol. The van der Waals surface area contributed by atoms with Gasteiger partial charge in [-0.25, -0.2) is 9.38 Å². The second-order valence-electron chi connectivity index (χ2n) is 6.63. The molecule has 1 amide bonds. The molecular formula is C24H19FN2O3. The van der Waals surface area contributed by atoms with Crippen molar-refractivity contribution in [2.24, 2.45) is 4.99 Å². The molecule has 1 N–H and O–H groups in total. The van der Waals surface area contributed by atoms with E-state index >= 15 is 0 Å². The van der Waals surface area contributed by atoms with Crippen LogP contribution in [0.3, 0.4) is 0 Å². The summed E-state index contributed by atoms with van der Waals surface area (Å²) in [7, 11) is 0. The van der Waals surface area contributed by atoms with Gasteiger partial charge in [0.2, 0.25) is 0 Å². The third-order valence-electron chi connectivity index (χ3n) is 4.57. The summed E-state index contributed by atoms with van der Waals surface area (Å²) in [6, 6.07) is 19.4. The van der Waals surface area contributed by atoms with Crippen LogP contribution >= 0.6 is 0 Å². The summed E-state index contributed by atoms with van der Waals surface area (Å²) in [4.78, 5) is 19.2. The van der Waals surface area contributed by atoms with Crippen LogP contribution in [0.4, 0.5) is 10.1 Å². The molecule has 6 heteroatoms. The lowest BCUT2D eigenvalue weighted by molar-refractivity contribution is -0.113. The highest BCUT2D eigenvalue weighted by molar-refractivity contribution is 6.33. The molecule has 0 bridgehead atoms. The minimum absolute atomic E-state index is 0.0934. The molecule has 3 aromatic carbocycles. The minimum atomic E-state index is -0.370. The Morgan fingerprint density at radius 3 is 2.30 bits per heavy atom. The summed E-state index contributed by atoms with van der Waals surface area (Å²) in [5, 5.41) is 9.59. The Kier molecular flexibility index (Phi) is 5.30. The summed E-state index contributed by atoms with van der Waals surface area (Å²) in [5.41, 5.74) is 2.21. The molecule has 0 unspecified atom stereocenters. The SMILES string of the molecule is CCOc1ccc(/C=C2/N=C(c3ccc(F)cc3)N(c3ccc(O)cc3)C2=O)cc1. The van der Waals surface area contributed by atoms with Gasteiger partial charge in [-0.05, 0) is 79.2 Å². The number of anilines is 1. The fourth-order valence-electron chi connectivity index (χ4n) is 3.14. The van der Waals surface area contributed by atoms with Crippen LogP contribution in [0.1, 0.15) is 18.1 Å². The number of halogens is 1. The molecule has 0 saturated carbocycles. The predicted octanol–water partition coefficient (Wildman–Crippen LogP) is 4.76. The number of phenols is 1. The van der Waals surface area contributed by atoms with Crippen LogP contribution in [-0.2, 0) is 4.79 Å². The van der Waals surface area contributed by atoms with Crippen LogP contribution in [0, 0.1) is 5.82 Å². The Hall–Kier alpha value is -3.93. The van der Waals surface area contributed by atoms with Crippen LogP contribution in [0.15, 0.2) is 83.5 Å². The lowest BCUT2D eigenvalue weighted by Gasteiger charge is -2.18. The Morgan fingerprint density at radius 2 is 1.67 bits per heavy atom.